The van der Waals surface area contributed by atoms with Crippen LogP contribution in [0.15, 0.2) is 36.8 Å². The zero-order valence-electron chi connectivity index (χ0n) is 7.89. The van der Waals surface area contributed by atoms with Gasteiger partial charge in [-0.15, -0.1) is 0 Å². The molecule has 0 unspecified atom stereocenters. The van der Waals surface area contributed by atoms with Crippen LogP contribution < -0.4 is 5.32 Å². The highest BCUT2D eigenvalue weighted by atomic mass is 35.5. The van der Waals surface area contributed by atoms with Crippen molar-refractivity contribution in [3.63, 3.8) is 0 Å². The van der Waals surface area contributed by atoms with Gasteiger partial charge in [-0.25, -0.2) is 15.0 Å². The Morgan fingerprint density at radius 1 is 1.27 bits per heavy atom. The van der Waals surface area contributed by atoms with E-state index >= 15 is 0 Å². The molecule has 0 saturated heterocycles. The van der Waals surface area contributed by atoms with Gasteiger partial charge >= 0.3 is 0 Å². The summed E-state index contributed by atoms with van der Waals surface area (Å²) < 4.78 is 0. The Kier molecular flexibility index (Phi) is 3.09. The molecular weight excluding hydrogens is 212 g/mol. The fourth-order valence-electron chi connectivity index (χ4n) is 1.11. The summed E-state index contributed by atoms with van der Waals surface area (Å²) in [7, 11) is 0. The van der Waals surface area contributed by atoms with Crippen molar-refractivity contribution in [3.05, 3.63) is 47.6 Å². The minimum absolute atomic E-state index is 0.475. The molecule has 15 heavy (non-hydrogen) atoms. The second-order valence-corrected chi connectivity index (χ2v) is 3.29. The van der Waals surface area contributed by atoms with Gasteiger partial charge in [0.25, 0.3) is 0 Å². The van der Waals surface area contributed by atoms with Crippen LogP contribution in [0.25, 0.3) is 0 Å². The molecule has 2 heterocycles. The molecule has 2 aromatic rings. The minimum Gasteiger partial charge on any atom is -0.364 e. The third-order valence-corrected chi connectivity index (χ3v) is 2.02. The Morgan fingerprint density at radius 3 is 2.93 bits per heavy atom. The normalized spacial score (nSPS) is 9.93. The molecule has 0 amide bonds. The summed E-state index contributed by atoms with van der Waals surface area (Å²) in [5.74, 6) is 0.737. The molecule has 0 aliphatic rings. The predicted molar refractivity (Wildman–Crippen MR) is 58.6 cm³/mol. The van der Waals surface area contributed by atoms with Crippen LogP contribution in [0.2, 0.25) is 5.15 Å². The maximum absolute atomic E-state index is 5.75. The summed E-state index contributed by atoms with van der Waals surface area (Å²) in [5.41, 5.74) is 0.909. The maximum Gasteiger partial charge on any atom is 0.131 e. The smallest absolute Gasteiger partial charge is 0.131 e. The Bertz CT molecular complexity index is 432. The van der Waals surface area contributed by atoms with Crippen LogP contribution in [0.1, 0.15) is 5.69 Å². The Labute approximate surface area is 92.4 Å². The highest BCUT2D eigenvalue weighted by Gasteiger charge is 1.96. The number of rotatable bonds is 3. The van der Waals surface area contributed by atoms with Crippen molar-refractivity contribution in [2.24, 2.45) is 0 Å². The predicted octanol–water partition coefficient (Wildman–Crippen LogP) is 2.14. The van der Waals surface area contributed by atoms with Crippen molar-refractivity contribution in [3.8, 4) is 0 Å². The van der Waals surface area contributed by atoms with E-state index in [-0.39, 0.29) is 0 Å². The summed E-state index contributed by atoms with van der Waals surface area (Å²) in [6, 6.07) is 7.28. The molecule has 0 atom stereocenters. The monoisotopic (exact) mass is 220 g/mol. The number of pyridine rings is 1. The van der Waals surface area contributed by atoms with Crippen LogP contribution in [0, 0.1) is 0 Å². The van der Waals surface area contributed by atoms with Gasteiger partial charge < -0.3 is 5.32 Å². The summed E-state index contributed by atoms with van der Waals surface area (Å²) in [5, 5.41) is 3.59. The minimum atomic E-state index is 0.475. The van der Waals surface area contributed by atoms with E-state index in [4.69, 9.17) is 11.6 Å². The first-order valence-electron chi connectivity index (χ1n) is 4.46. The Hall–Kier alpha value is -1.68. The van der Waals surface area contributed by atoms with Gasteiger partial charge in [0.05, 0.1) is 12.2 Å². The molecule has 4 nitrogen and oxygen atoms in total. The SMILES string of the molecule is Clc1cccc(NCc2ccncn2)n1. The highest BCUT2D eigenvalue weighted by molar-refractivity contribution is 6.29. The quantitative estimate of drug-likeness (QED) is 0.806. The van der Waals surface area contributed by atoms with E-state index in [1.165, 1.54) is 6.33 Å². The summed E-state index contributed by atoms with van der Waals surface area (Å²) in [4.78, 5) is 12.0. The molecule has 0 aliphatic heterocycles. The molecule has 0 bridgehead atoms. The van der Waals surface area contributed by atoms with Gasteiger partial charge in [0, 0.05) is 6.20 Å². The second-order valence-electron chi connectivity index (χ2n) is 2.90. The molecule has 0 saturated carbocycles. The van der Waals surface area contributed by atoms with E-state index in [0.29, 0.717) is 11.7 Å². The Balaban J connectivity index is 1.99. The number of anilines is 1. The molecule has 0 aliphatic carbocycles. The molecular formula is C10H9ClN4. The van der Waals surface area contributed by atoms with Crippen LogP contribution in [0.5, 0.6) is 0 Å². The number of hydrogen-bond acceptors (Lipinski definition) is 4. The van der Waals surface area contributed by atoms with Crippen molar-refractivity contribution >= 4 is 17.4 Å². The average Bonchev–Trinajstić information content (AvgIpc) is 2.28. The number of aromatic nitrogens is 3. The standard InChI is InChI=1S/C10H9ClN4/c11-9-2-1-3-10(15-9)13-6-8-4-5-12-7-14-8/h1-5,7H,6H2,(H,13,15). The van der Waals surface area contributed by atoms with Crippen molar-refractivity contribution in [2.45, 2.75) is 6.54 Å². The first-order chi connectivity index (χ1) is 7.34. The molecule has 1 N–H and O–H groups in total. The van der Waals surface area contributed by atoms with Gasteiger partial charge in [-0.1, -0.05) is 17.7 Å². The van der Waals surface area contributed by atoms with Crippen LogP contribution in [-0.2, 0) is 6.54 Å². The third-order valence-electron chi connectivity index (χ3n) is 1.81. The van der Waals surface area contributed by atoms with Crippen LogP contribution in [0.4, 0.5) is 5.82 Å². The van der Waals surface area contributed by atoms with E-state index in [2.05, 4.69) is 20.3 Å². The second kappa shape index (κ2) is 4.70. The molecule has 76 valence electrons. The molecule has 0 fully saturated rings. The molecule has 2 rings (SSSR count). The van der Waals surface area contributed by atoms with Gasteiger partial charge in [-0.05, 0) is 18.2 Å². The van der Waals surface area contributed by atoms with Crippen LogP contribution in [-0.4, -0.2) is 15.0 Å². The number of hydrogen-bond donors (Lipinski definition) is 1. The lowest BCUT2D eigenvalue weighted by atomic mass is 10.4. The first kappa shape index (κ1) is 9.86. The van der Waals surface area contributed by atoms with Crippen LogP contribution in [0.3, 0.4) is 0 Å². The van der Waals surface area contributed by atoms with E-state index in [9.17, 15) is 0 Å². The largest absolute Gasteiger partial charge is 0.364 e. The zero-order chi connectivity index (χ0) is 10.5. The van der Waals surface area contributed by atoms with Crippen molar-refractivity contribution < 1.29 is 0 Å². The maximum atomic E-state index is 5.75. The van der Waals surface area contributed by atoms with Crippen molar-refractivity contribution in [1.82, 2.24) is 15.0 Å². The van der Waals surface area contributed by atoms with E-state index < -0.39 is 0 Å². The first-order valence-corrected chi connectivity index (χ1v) is 4.84. The summed E-state index contributed by atoms with van der Waals surface area (Å²) >= 11 is 5.75. The third kappa shape index (κ3) is 2.89. The summed E-state index contributed by atoms with van der Waals surface area (Å²) in [6.45, 7) is 0.607. The van der Waals surface area contributed by atoms with Gasteiger partial charge in [0.15, 0.2) is 0 Å². The highest BCUT2D eigenvalue weighted by Crippen LogP contribution is 2.09. The molecule has 5 heteroatoms. The number of halogens is 1. The van der Waals surface area contributed by atoms with Gasteiger partial charge in [0.1, 0.15) is 17.3 Å². The average molecular weight is 221 g/mol. The lowest BCUT2D eigenvalue weighted by Crippen LogP contribution is -2.02. The van der Waals surface area contributed by atoms with Gasteiger partial charge in [-0.3, -0.25) is 0 Å². The van der Waals surface area contributed by atoms with Gasteiger partial charge in [-0.2, -0.15) is 0 Å². The fraction of sp³-hybridized carbons (Fsp3) is 0.100. The van der Waals surface area contributed by atoms with E-state index in [1.54, 1.807) is 12.3 Å². The number of nitrogens with zero attached hydrogens (tertiary/aromatic N) is 3. The van der Waals surface area contributed by atoms with Gasteiger partial charge in [0.2, 0.25) is 0 Å². The zero-order valence-corrected chi connectivity index (χ0v) is 8.65. The van der Waals surface area contributed by atoms with Crippen molar-refractivity contribution in [1.29, 1.82) is 0 Å². The lowest BCUT2D eigenvalue weighted by Gasteiger charge is -2.04. The molecule has 0 aromatic carbocycles. The fourth-order valence-corrected chi connectivity index (χ4v) is 1.27. The topological polar surface area (TPSA) is 50.7 Å². The van der Waals surface area contributed by atoms with Crippen molar-refractivity contribution in [2.75, 3.05) is 5.32 Å². The Morgan fingerprint density at radius 2 is 2.20 bits per heavy atom. The van der Waals surface area contributed by atoms with Crippen LogP contribution >= 0.6 is 11.6 Å². The molecule has 0 spiro atoms. The summed E-state index contributed by atoms with van der Waals surface area (Å²) in [6.07, 6.45) is 3.22. The van der Waals surface area contributed by atoms with E-state index in [0.717, 1.165) is 11.5 Å². The number of nitrogens with one attached hydrogen (secondary N) is 1. The molecule has 2 aromatic heterocycles. The molecule has 0 radical (unpaired) electrons. The lowest BCUT2D eigenvalue weighted by molar-refractivity contribution is 0.996. The van der Waals surface area contributed by atoms with E-state index in [1.807, 2.05) is 18.2 Å².